The van der Waals surface area contributed by atoms with E-state index in [4.69, 9.17) is 0 Å². The maximum atomic E-state index is 4.02. The van der Waals surface area contributed by atoms with Gasteiger partial charge < -0.3 is 5.32 Å². The summed E-state index contributed by atoms with van der Waals surface area (Å²) in [6.45, 7) is 7.56. The van der Waals surface area contributed by atoms with Crippen molar-refractivity contribution in [3.05, 3.63) is 30.1 Å². The van der Waals surface area contributed by atoms with Crippen molar-refractivity contribution in [2.75, 3.05) is 20.1 Å². The van der Waals surface area contributed by atoms with Crippen molar-refractivity contribution >= 4 is 0 Å². The van der Waals surface area contributed by atoms with Crippen LogP contribution in [0.1, 0.15) is 19.4 Å². The highest BCUT2D eigenvalue weighted by Crippen LogP contribution is 2.03. The molecule has 0 fully saturated rings. The van der Waals surface area contributed by atoms with Gasteiger partial charge in [0.15, 0.2) is 0 Å². The highest BCUT2D eigenvalue weighted by atomic mass is 15.1. The lowest BCUT2D eigenvalue weighted by molar-refractivity contribution is 0.255. The van der Waals surface area contributed by atoms with E-state index >= 15 is 0 Å². The second kappa shape index (κ2) is 6.53. The topological polar surface area (TPSA) is 28.2 Å². The first-order valence-electron chi connectivity index (χ1n) is 5.54. The molecular weight excluding hydrogens is 186 g/mol. The molecule has 1 aromatic rings. The number of nitrogens with one attached hydrogen (secondary N) is 1. The Morgan fingerprint density at radius 1 is 1.40 bits per heavy atom. The lowest BCUT2D eigenvalue weighted by atomic mass is 10.2. The van der Waals surface area contributed by atoms with Gasteiger partial charge in [-0.2, -0.15) is 0 Å². The van der Waals surface area contributed by atoms with Gasteiger partial charge in [0, 0.05) is 31.5 Å². The van der Waals surface area contributed by atoms with Crippen LogP contribution in [0.15, 0.2) is 24.5 Å². The summed E-state index contributed by atoms with van der Waals surface area (Å²) < 4.78 is 0. The standard InChI is InChI=1S/C12H21N3/c1-4-15(9-11(2)13-3)10-12-5-7-14-8-6-12/h5-8,11,13H,4,9-10H2,1-3H3. The van der Waals surface area contributed by atoms with Crippen molar-refractivity contribution in [2.45, 2.75) is 26.4 Å². The van der Waals surface area contributed by atoms with E-state index < -0.39 is 0 Å². The summed E-state index contributed by atoms with van der Waals surface area (Å²) in [6, 6.07) is 4.69. The summed E-state index contributed by atoms with van der Waals surface area (Å²) in [5.74, 6) is 0. The lowest BCUT2D eigenvalue weighted by Gasteiger charge is -2.24. The summed E-state index contributed by atoms with van der Waals surface area (Å²) in [4.78, 5) is 6.45. The van der Waals surface area contributed by atoms with Crippen LogP contribution in [0.2, 0.25) is 0 Å². The van der Waals surface area contributed by atoms with Crippen molar-refractivity contribution in [1.82, 2.24) is 15.2 Å². The van der Waals surface area contributed by atoms with Crippen LogP contribution >= 0.6 is 0 Å². The van der Waals surface area contributed by atoms with E-state index in [9.17, 15) is 0 Å². The van der Waals surface area contributed by atoms with E-state index in [0.29, 0.717) is 6.04 Å². The molecule has 1 N–H and O–H groups in total. The molecule has 84 valence electrons. The molecular formula is C12H21N3. The zero-order chi connectivity index (χ0) is 11.1. The van der Waals surface area contributed by atoms with Gasteiger partial charge in [0.05, 0.1) is 0 Å². The van der Waals surface area contributed by atoms with Gasteiger partial charge in [-0.15, -0.1) is 0 Å². The van der Waals surface area contributed by atoms with Crippen molar-refractivity contribution in [2.24, 2.45) is 0 Å². The third kappa shape index (κ3) is 4.40. The first kappa shape index (κ1) is 12.1. The Labute approximate surface area is 92.5 Å². The largest absolute Gasteiger partial charge is 0.316 e. The number of likely N-dealkylation sites (N-methyl/N-ethyl adjacent to an activating group) is 2. The fraction of sp³-hybridized carbons (Fsp3) is 0.583. The number of nitrogens with zero attached hydrogens (tertiary/aromatic N) is 2. The molecule has 0 aliphatic carbocycles. The van der Waals surface area contributed by atoms with Gasteiger partial charge >= 0.3 is 0 Å². The smallest absolute Gasteiger partial charge is 0.0271 e. The number of pyridine rings is 1. The van der Waals surface area contributed by atoms with Gasteiger partial charge in [-0.1, -0.05) is 6.92 Å². The molecule has 0 amide bonds. The van der Waals surface area contributed by atoms with Gasteiger partial charge in [-0.3, -0.25) is 9.88 Å². The van der Waals surface area contributed by atoms with E-state index in [0.717, 1.165) is 19.6 Å². The summed E-state index contributed by atoms with van der Waals surface area (Å²) >= 11 is 0. The molecule has 1 heterocycles. The van der Waals surface area contributed by atoms with Crippen LogP contribution in [0.5, 0.6) is 0 Å². The quantitative estimate of drug-likeness (QED) is 0.766. The van der Waals surface area contributed by atoms with E-state index in [1.807, 2.05) is 19.4 Å². The molecule has 1 unspecified atom stereocenters. The molecule has 15 heavy (non-hydrogen) atoms. The summed E-state index contributed by atoms with van der Waals surface area (Å²) in [6.07, 6.45) is 3.70. The number of rotatable bonds is 6. The van der Waals surface area contributed by atoms with Crippen molar-refractivity contribution < 1.29 is 0 Å². The Bertz CT molecular complexity index is 261. The second-order valence-electron chi connectivity index (χ2n) is 3.87. The van der Waals surface area contributed by atoms with Crippen molar-refractivity contribution in [3.63, 3.8) is 0 Å². The van der Waals surface area contributed by atoms with Crippen LogP contribution in [0, 0.1) is 0 Å². The SMILES string of the molecule is CCN(Cc1ccncc1)CC(C)NC. The molecule has 3 heteroatoms. The Morgan fingerprint density at radius 3 is 2.60 bits per heavy atom. The van der Waals surface area contributed by atoms with E-state index in [-0.39, 0.29) is 0 Å². The van der Waals surface area contributed by atoms with Crippen LogP contribution in [-0.2, 0) is 6.54 Å². The predicted octanol–water partition coefficient (Wildman–Crippen LogP) is 1.51. The average Bonchev–Trinajstić information content (AvgIpc) is 2.29. The number of aromatic nitrogens is 1. The van der Waals surface area contributed by atoms with Gasteiger partial charge in [-0.25, -0.2) is 0 Å². The molecule has 0 radical (unpaired) electrons. The average molecular weight is 207 g/mol. The number of hydrogen-bond acceptors (Lipinski definition) is 3. The predicted molar refractivity (Wildman–Crippen MR) is 63.7 cm³/mol. The Kier molecular flexibility index (Phi) is 5.29. The van der Waals surface area contributed by atoms with Crippen LogP contribution in [0.25, 0.3) is 0 Å². The maximum Gasteiger partial charge on any atom is 0.0271 e. The Hall–Kier alpha value is -0.930. The summed E-state index contributed by atoms with van der Waals surface area (Å²) in [5, 5.41) is 3.26. The third-order valence-electron chi connectivity index (χ3n) is 2.63. The molecule has 1 rings (SSSR count). The van der Waals surface area contributed by atoms with E-state index in [1.54, 1.807) is 0 Å². The monoisotopic (exact) mass is 207 g/mol. The minimum Gasteiger partial charge on any atom is -0.316 e. The highest BCUT2D eigenvalue weighted by molar-refractivity contribution is 5.09. The summed E-state index contributed by atoms with van der Waals surface area (Å²) in [7, 11) is 2.00. The lowest BCUT2D eigenvalue weighted by Crippen LogP contribution is -2.37. The molecule has 1 aromatic heterocycles. The molecule has 0 aliphatic heterocycles. The van der Waals surface area contributed by atoms with E-state index in [2.05, 4.69) is 41.2 Å². The van der Waals surface area contributed by atoms with Gasteiger partial charge in [0.25, 0.3) is 0 Å². The molecule has 0 aromatic carbocycles. The minimum absolute atomic E-state index is 0.534. The molecule has 0 saturated heterocycles. The molecule has 0 spiro atoms. The highest BCUT2D eigenvalue weighted by Gasteiger charge is 2.07. The van der Waals surface area contributed by atoms with Crippen LogP contribution < -0.4 is 5.32 Å². The molecule has 3 nitrogen and oxygen atoms in total. The molecule has 0 bridgehead atoms. The van der Waals surface area contributed by atoms with Gasteiger partial charge in [-0.05, 0) is 38.2 Å². The van der Waals surface area contributed by atoms with Crippen LogP contribution in [0.4, 0.5) is 0 Å². The zero-order valence-corrected chi connectivity index (χ0v) is 9.90. The van der Waals surface area contributed by atoms with Crippen LogP contribution in [-0.4, -0.2) is 36.1 Å². The first-order valence-corrected chi connectivity index (χ1v) is 5.54. The Balaban J connectivity index is 2.47. The first-order chi connectivity index (χ1) is 7.26. The van der Waals surface area contributed by atoms with Gasteiger partial charge in [0.1, 0.15) is 0 Å². The van der Waals surface area contributed by atoms with Crippen LogP contribution in [0.3, 0.4) is 0 Å². The maximum absolute atomic E-state index is 4.02. The van der Waals surface area contributed by atoms with Crippen molar-refractivity contribution in [1.29, 1.82) is 0 Å². The van der Waals surface area contributed by atoms with Gasteiger partial charge in [0.2, 0.25) is 0 Å². The zero-order valence-electron chi connectivity index (χ0n) is 9.90. The summed E-state index contributed by atoms with van der Waals surface area (Å²) in [5.41, 5.74) is 1.33. The third-order valence-corrected chi connectivity index (χ3v) is 2.63. The molecule has 1 atom stereocenters. The number of hydrogen-bond donors (Lipinski definition) is 1. The minimum atomic E-state index is 0.534. The second-order valence-corrected chi connectivity index (χ2v) is 3.87. The normalized spacial score (nSPS) is 13.1. The fourth-order valence-corrected chi connectivity index (χ4v) is 1.53. The molecule has 0 aliphatic rings. The molecule has 0 saturated carbocycles. The van der Waals surface area contributed by atoms with Crippen molar-refractivity contribution in [3.8, 4) is 0 Å². The Morgan fingerprint density at radius 2 is 2.07 bits per heavy atom. The van der Waals surface area contributed by atoms with E-state index in [1.165, 1.54) is 5.56 Å². The fourth-order valence-electron chi connectivity index (χ4n) is 1.53.